The molecule has 98 valence electrons. The summed E-state index contributed by atoms with van der Waals surface area (Å²) in [6, 6.07) is 0. The molecule has 3 aliphatic rings. The molecule has 0 aromatic carbocycles. The molecule has 0 saturated heterocycles. The van der Waals surface area contributed by atoms with Crippen molar-refractivity contribution < 1.29 is 0 Å². The number of nitrogens with one attached hydrogen (secondary N) is 2. The van der Waals surface area contributed by atoms with Crippen LogP contribution in [0.15, 0.2) is 29.4 Å². The maximum absolute atomic E-state index is 5.07. The molecule has 0 heterocycles. The lowest BCUT2D eigenvalue weighted by molar-refractivity contribution is -0.00126. The van der Waals surface area contributed by atoms with Crippen molar-refractivity contribution in [2.75, 3.05) is 6.54 Å². The van der Waals surface area contributed by atoms with E-state index in [0.717, 1.165) is 5.92 Å². The summed E-state index contributed by atoms with van der Waals surface area (Å²) >= 11 is 5.07. The highest BCUT2D eigenvalue weighted by atomic mass is 32.1. The zero-order chi connectivity index (χ0) is 13.2. The van der Waals surface area contributed by atoms with E-state index >= 15 is 0 Å². The summed E-state index contributed by atoms with van der Waals surface area (Å²) < 4.78 is 0. The minimum absolute atomic E-state index is 0.442. The molecule has 0 aromatic heterocycles. The smallest absolute Gasteiger partial charge is 0.187 e. The Morgan fingerprint density at radius 3 is 3.06 bits per heavy atom. The number of fused-ring (bicyclic) bond motifs is 1. The fourth-order valence-corrected chi connectivity index (χ4v) is 3.05. The van der Waals surface area contributed by atoms with Crippen LogP contribution in [-0.2, 0) is 0 Å². The van der Waals surface area contributed by atoms with Crippen molar-refractivity contribution in [2.45, 2.75) is 26.7 Å². The lowest BCUT2D eigenvalue weighted by Crippen LogP contribution is -2.48. The van der Waals surface area contributed by atoms with Crippen molar-refractivity contribution in [2.24, 2.45) is 22.4 Å². The Morgan fingerprint density at radius 1 is 1.67 bits per heavy atom. The maximum atomic E-state index is 5.07. The number of hydrogen-bond donors (Lipinski definition) is 2. The summed E-state index contributed by atoms with van der Waals surface area (Å²) in [4.78, 5) is 0. The summed E-state index contributed by atoms with van der Waals surface area (Å²) in [7, 11) is 0. The third-order valence-electron chi connectivity index (χ3n) is 4.30. The molecule has 2 atom stereocenters. The molecule has 2 N–H and O–H groups in total. The van der Waals surface area contributed by atoms with E-state index in [4.69, 9.17) is 12.2 Å². The summed E-state index contributed by atoms with van der Waals surface area (Å²) in [5, 5.41) is 7.72. The number of thiocarbonyl (C=S) groups is 1. The predicted octanol–water partition coefficient (Wildman–Crippen LogP) is 2.61. The average Bonchev–Trinajstić information content (AvgIpc) is 2.36. The van der Waals surface area contributed by atoms with E-state index in [1.807, 2.05) is 6.21 Å². The van der Waals surface area contributed by atoms with Gasteiger partial charge in [0.15, 0.2) is 5.11 Å². The molecule has 0 unspecified atom stereocenters. The Morgan fingerprint density at radius 2 is 2.44 bits per heavy atom. The molecule has 3 rings (SSSR count). The van der Waals surface area contributed by atoms with Crippen LogP contribution < -0.4 is 10.7 Å². The van der Waals surface area contributed by atoms with Gasteiger partial charge in [-0.1, -0.05) is 26.0 Å². The van der Waals surface area contributed by atoms with E-state index in [9.17, 15) is 0 Å². The normalized spacial score (nSPS) is 28.2. The van der Waals surface area contributed by atoms with Gasteiger partial charge in [-0.15, -0.1) is 6.58 Å². The van der Waals surface area contributed by atoms with Crippen molar-refractivity contribution >= 4 is 23.5 Å². The topological polar surface area (TPSA) is 36.4 Å². The van der Waals surface area contributed by atoms with Crippen LogP contribution in [0.25, 0.3) is 0 Å². The standard InChI is InChI=1S/C14H21N3S/c1-4-7-15-13(18)17-16-9-10-5-6-11-8-12(10)14(11,2)3/h4-5,9,11-12H,1,6-8H2,2-3H3,(H2,15,17,18)/b16-9-/t11-,12+/m1/s1. The predicted molar refractivity (Wildman–Crippen MR) is 80.5 cm³/mol. The van der Waals surface area contributed by atoms with Crippen LogP contribution in [0.3, 0.4) is 0 Å². The monoisotopic (exact) mass is 263 g/mol. The lowest BCUT2D eigenvalue weighted by atomic mass is 9.49. The molecule has 1 saturated carbocycles. The van der Waals surface area contributed by atoms with Crippen LogP contribution in [0.4, 0.5) is 0 Å². The van der Waals surface area contributed by atoms with Crippen molar-refractivity contribution in [3.05, 3.63) is 24.3 Å². The second-order valence-corrected chi connectivity index (χ2v) is 6.02. The van der Waals surface area contributed by atoms with Crippen LogP contribution in [0, 0.1) is 17.3 Å². The Hall–Kier alpha value is -1.16. The fraction of sp³-hybridized carbons (Fsp3) is 0.571. The third kappa shape index (κ3) is 2.48. The second kappa shape index (κ2) is 5.22. The fourth-order valence-electron chi connectivity index (χ4n) is 2.91. The van der Waals surface area contributed by atoms with Crippen LogP contribution >= 0.6 is 12.2 Å². The lowest BCUT2D eigenvalue weighted by Gasteiger charge is -2.55. The summed E-state index contributed by atoms with van der Waals surface area (Å²) in [6.45, 7) is 8.99. The van der Waals surface area contributed by atoms with E-state index in [1.54, 1.807) is 6.08 Å². The van der Waals surface area contributed by atoms with E-state index in [-0.39, 0.29) is 0 Å². The summed E-state index contributed by atoms with van der Waals surface area (Å²) in [5.41, 5.74) is 4.62. The van der Waals surface area contributed by atoms with E-state index < -0.39 is 0 Å². The third-order valence-corrected chi connectivity index (χ3v) is 4.53. The van der Waals surface area contributed by atoms with Gasteiger partial charge in [0.1, 0.15) is 0 Å². The molecule has 1 fully saturated rings. The van der Waals surface area contributed by atoms with Crippen molar-refractivity contribution in [3.8, 4) is 0 Å². The molecule has 18 heavy (non-hydrogen) atoms. The minimum Gasteiger partial charge on any atom is -0.358 e. The van der Waals surface area contributed by atoms with Crippen LogP contribution in [-0.4, -0.2) is 17.9 Å². The highest BCUT2D eigenvalue weighted by Crippen LogP contribution is 2.58. The van der Waals surface area contributed by atoms with Gasteiger partial charge in [-0.3, -0.25) is 5.43 Å². The Kier molecular flexibility index (Phi) is 3.85. The van der Waals surface area contributed by atoms with E-state index in [2.05, 4.69) is 42.3 Å². The summed E-state index contributed by atoms with van der Waals surface area (Å²) in [6.07, 6.45) is 8.49. The summed E-state index contributed by atoms with van der Waals surface area (Å²) in [5.74, 6) is 1.53. The number of allylic oxidation sites excluding steroid dienone is 2. The minimum atomic E-state index is 0.442. The zero-order valence-corrected chi connectivity index (χ0v) is 11.9. The molecule has 0 aliphatic heterocycles. The van der Waals surface area contributed by atoms with E-state index in [0.29, 0.717) is 23.0 Å². The Bertz CT molecular complexity index is 409. The van der Waals surface area contributed by atoms with Gasteiger partial charge in [-0.05, 0) is 47.9 Å². The highest BCUT2D eigenvalue weighted by molar-refractivity contribution is 7.80. The number of hydrazone groups is 1. The van der Waals surface area contributed by atoms with Gasteiger partial charge in [0.05, 0.1) is 6.21 Å². The molecule has 0 spiro atoms. The quantitative estimate of drug-likeness (QED) is 0.354. The Labute approximate surface area is 114 Å². The first-order chi connectivity index (χ1) is 8.55. The van der Waals surface area contributed by atoms with Gasteiger partial charge in [-0.25, -0.2) is 0 Å². The van der Waals surface area contributed by atoms with Gasteiger partial charge in [0, 0.05) is 6.54 Å². The number of rotatable bonds is 4. The van der Waals surface area contributed by atoms with Gasteiger partial charge >= 0.3 is 0 Å². The number of hydrogen-bond acceptors (Lipinski definition) is 2. The SMILES string of the molecule is C=CCNC(=S)N/N=C\C1=CC[C@@H]2C[C@@H]1C2(C)C. The zero-order valence-electron chi connectivity index (χ0n) is 11.1. The van der Waals surface area contributed by atoms with Gasteiger partial charge < -0.3 is 5.32 Å². The average molecular weight is 263 g/mol. The molecular weight excluding hydrogens is 242 g/mol. The van der Waals surface area contributed by atoms with Crippen molar-refractivity contribution in [1.82, 2.24) is 10.7 Å². The maximum Gasteiger partial charge on any atom is 0.187 e. The van der Waals surface area contributed by atoms with Gasteiger partial charge in [0.25, 0.3) is 0 Å². The molecule has 2 bridgehead atoms. The van der Waals surface area contributed by atoms with Crippen LogP contribution in [0.2, 0.25) is 0 Å². The van der Waals surface area contributed by atoms with E-state index in [1.165, 1.54) is 18.4 Å². The van der Waals surface area contributed by atoms with Crippen molar-refractivity contribution in [3.63, 3.8) is 0 Å². The molecule has 4 heteroatoms. The number of nitrogens with zero attached hydrogens (tertiary/aromatic N) is 1. The second-order valence-electron chi connectivity index (χ2n) is 5.62. The molecule has 3 nitrogen and oxygen atoms in total. The largest absolute Gasteiger partial charge is 0.358 e. The first-order valence-electron chi connectivity index (χ1n) is 6.43. The van der Waals surface area contributed by atoms with Crippen molar-refractivity contribution in [1.29, 1.82) is 0 Å². The van der Waals surface area contributed by atoms with Gasteiger partial charge in [0.2, 0.25) is 0 Å². The molecule has 0 radical (unpaired) electrons. The molecule has 0 amide bonds. The van der Waals surface area contributed by atoms with Gasteiger partial charge in [-0.2, -0.15) is 5.10 Å². The molecule has 0 aromatic rings. The Balaban J connectivity index is 1.85. The van der Waals surface area contributed by atoms with Crippen LogP contribution in [0.5, 0.6) is 0 Å². The molecule has 3 aliphatic carbocycles. The molecular formula is C14H21N3S. The highest BCUT2D eigenvalue weighted by Gasteiger charge is 2.50. The first kappa shape index (κ1) is 13.3. The first-order valence-corrected chi connectivity index (χ1v) is 6.84. The van der Waals surface area contributed by atoms with Crippen LogP contribution in [0.1, 0.15) is 26.7 Å².